The van der Waals surface area contributed by atoms with E-state index in [2.05, 4.69) is 5.10 Å². The minimum Gasteiger partial charge on any atom is -0.320 e. The van der Waals surface area contributed by atoms with E-state index >= 15 is 0 Å². The second kappa shape index (κ2) is 4.89. The first-order valence-electron chi connectivity index (χ1n) is 6.14. The van der Waals surface area contributed by atoms with Crippen LogP contribution in [0.4, 0.5) is 0 Å². The molecule has 0 radical (unpaired) electrons. The zero-order valence-electron chi connectivity index (χ0n) is 10.7. The second-order valence-corrected chi connectivity index (χ2v) is 4.57. The van der Waals surface area contributed by atoms with Gasteiger partial charge in [-0.1, -0.05) is 6.92 Å². The fourth-order valence-corrected chi connectivity index (χ4v) is 2.08. The van der Waals surface area contributed by atoms with E-state index in [9.17, 15) is 9.59 Å². The normalized spacial score (nSPS) is 20.6. The monoisotopic (exact) mass is 250 g/mol. The van der Waals surface area contributed by atoms with Gasteiger partial charge in [0.1, 0.15) is 0 Å². The Hall–Kier alpha value is -1.69. The Morgan fingerprint density at radius 1 is 1.50 bits per heavy atom. The summed E-state index contributed by atoms with van der Waals surface area (Å²) >= 11 is 0. The molecule has 6 nitrogen and oxygen atoms in total. The quantitative estimate of drug-likeness (QED) is 0.763. The first-order chi connectivity index (χ1) is 8.52. The molecule has 1 atom stereocenters. The Bertz CT molecular complexity index is 480. The first-order valence-corrected chi connectivity index (χ1v) is 6.14. The zero-order chi connectivity index (χ0) is 13.3. The average molecular weight is 250 g/mol. The van der Waals surface area contributed by atoms with Crippen LogP contribution in [0.5, 0.6) is 0 Å². The summed E-state index contributed by atoms with van der Waals surface area (Å²) in [6.45, 7) is 2.27. The van der Waals surface area contributed by atoms with Crippen molar-refractivity contribution < 1.29 is 9.59 Å². The van der Waals surface area contributed by atoms with Crippen LogP contribution in [0.15, 0.2) is 6.07 Å². The highest BCUT2D eigenvalue weighted by molar-refractivity contribution is 6.00. The molecule has 2 N–H and O–H groups in total. The lowest BCUT2D eigenvalue weighted by atomic mass is 10.0. The van der Waals surface area contributed by atoms with Crippen LogP contribution in [-0.2, 0) is 29.6 Å². The van der Waals surface area contributed by atoms with Gasteiger partial charge in [-0.05, 0) is 18.9 Å². The molecule has 6 heteroatoms. The average Bonchev–Trinajstić information content (AvgIpc) is 2.70. The van der Waals surface area contributed by atoms with E-state index in [0.717, 1.165) is 17.8 Å². The number of nitrogens with two attached hydrogens (primary N) is 1. The molecule has 0 aromatic carbocycles. The van der Waals surface area contributed by atoms with Crippen molar-refractivity contribution in [1.29, 1.82) is 0 Å². The third kappa shape index (κ3) is 2.28. The summed E-state index contributed by atoms with van der Waals surface area (Å²) in [5.74, 6) is -0.438. The van der Waals surface area contributed by atoms with E-state index in [1.807, 2.05) is 20.0 Å². The lowest BCUT2D eigenvalue weighted by Crippen LogP contribution is -2.50. The number of aromatic nitrogens is 2. The standard InChI is InChI=1S/C12H18N4O2/c1-3-8-6-9(15(2)14-8)7-16-11(17)5-4-10(13)12(16)18/h6,10H,3-5,7,13H2,1-2H3. The zero-order valence-corrected chi connectivity index (χ0v) is 10.7. The van der Waals surface area contributed by atoms with E-state index in [1.165, 1.54) is 4.90 Å². The minimum absolute atomic E-state index is 0.152. The molecule has 1 saturated heterocycles. The number of rotatable bonds is 3. The Labute approximate surface area is 106 Å². The van der Waals surface area contributed by atoms with E-state index in [-0.39, 0.29) is 18.4 Å². The number of piperidine rings is 1. The number of amides is 2. The van der Waals surface area contributed by atoms with Gasteiger partial charge in [0.25, 0.3) is 0 Å². The van der Waals surface area contributed by atoms with E-state index < -0.39 is 6.04 Å². The highest BCUT2D eigenvalue weighted by Gasteiger charge is 2.32. The number of aryl methyl sites for hydroxylation is 2. The van der Waals surface area contributed by atoms with Gasteiger partial charge in [-0.15, -0.1) is 0 Å². The molecule has 2 amide bonds. The summed E-state index contributed by atoms with van der Waals surface area (Å²) in [4.78, 5) is 24.9. The molecule has 1 aromatic rings. The molecule has 0 saturated carbocycles. The highest BCUT2D eigenvalue weighted by atomic mass is 16.2. The highest BCUT2D eigenvalue weighted by Crippen LogP contribution is 2.16. The van der Waals surface area contributed by atoms with Gasteiger partial charge in [0.15, 0.2) is 0 Å². The Kier molecular flexibility index (Phi) is 3.47. The molecule has 2 rings (SSSR count). The number of imide groups is 1. The molecule has 1 aliphatic heterocycles. The van der Waals surface area contributed by atoms with Crippen LogP contribution in [-0.4, -0.2) is 32.5 Å². The molecular formula is C12H18N4O2. The molecule has 1 aliphatic rings. The van der Waals surface area contributed by atoms with Crippen molar-refractivity contribution in [3.8, 4) is 0 Å². The molecule has 0 aliphatic carbocycles. The third-order valence-corrected chi connectivity index (χ3v) is 3.26. The first kappa shape index (κ1) is 12.8. The van der Waals surface area contributed by atoms with E-state index in [4.69, 9.17) is 5.73 Å². The maximum atomic E-state index is 11.9. The van der Waals surface area contributed by atoms with Gasteiger partial charge >= 0.3 is 0 Å². The maximum absolute atomic E-state index is 11.9. The van der Waals surface area contributed by atoms with Crippen molar-refractivity contribution >= 4 is 11.8 Å². The number of carbonyl (C=O) groups is 2. The Morgan fingerprint density at radius 3 is 2.83 bits per heavy atom. The topological polar surface area (TPSA) is 81.2 Å². The van der Waals surface area contributed by atoms with Crippen molar-refractivity contribution in [3.05, 3.63) is 17.5 Å². The van der Waals surface area contributed by atoms with Crippen LogP contribution in [0.3, 0.4) is 0 Å². The molecule has 0 spiro atoms. The molecule has 2 heterocycles. The Balaban J connectivity index is 2.18. The molecule has 98 valence electrons. The fraction of sp³-hybridized carbons (Fsp3) is 0.583. The van der Waals surface area contributed by atoms with Crippen molar-refractivity contribution in [2.75, 3.05) is 0 Å². The van der Waals surface area contributed by atoms with Crippen LogP contribution < -0.4 is 5.73 Å². The number of hydrogen-bond donors (Lipinski definition) is 1. The van der Waals surface area contributed by atoms with E-state index in [1.54, 1.807) is 4.68 Å². The largest absolute Gasteiger partial charge is 0.320 e. The van der Waals surface area contributed by atoms with Gasteiger partial charge in [0.2, 0.25) is 11.8 Å². The second-order valence-electron chi connectivity index (χ2n) is 4.57. The number of carbonyl (C=O) groups excluding carboxylic acids is 2. The van der Waals surface area contributed by atoms with E-state index in [0.29, 0.717) is 12.8 Å². The fourth-order valence-electron chi connectivity index (χ4n) is 2.08. The molecular weight excluding hydrogens is 232 g/mol. The summed E-state index contributed by atoms with van der Waals surface area (Å²) in [5, 5.41) is 4.30. The molecule has 1 aromatic heterocycles. The molecule has 1 unspecified atom stereocenters. The Morgan fingerprint density at radius 2 is 2.22 bits per heavy atom. The van der Waals surface area contributed by atoms with Crippen molar-refractivity contribution in [2.24, 2.45) is 12.8 Å². The van der Waals surface area contributed by atoms with Gasteiger partial charge < -0.3 is 5.73 Å². The van der Waals surface area contributed by atoms with Crippen molar-refractivity contribution in [2.45, 2.75) is 38.8 Å². The predicted molar refractivity (Wildman–Crippen MR) is 65.4 cm³/mol. The van der Waals surface area contributed by atoms with Gasteiger partial charge in [-0.2, -0.15) is 5.10 Å². The van der Waals surface area contributed by atoms with Crippen LogP contribution >= 0.6 is 0 Å². The number of hydrogen-bond acceptors (Lipinski definition) is 4. The predicted octanol–water partition coefficient (Wildman–Crippen LogP) is -0.0412. The van der Waals surface area contributed by atoms with Crippen molar-refractivity contribution in [3.63, 3.8) is 0 Å². The van der Waals surface area contributed by atoms with Gasteiger partial charge in [0, 0.05) is 13.5 Å². The smallest absolute Gasteiger partial charge is 0.246 e. The van der Waals surface area contributed by atoms with Crippen molar-refractivity contribution in [1.82, 2.24) is 14.7 Å². The van der Waals surface area contributed by atoms with Gasteiger partial charge in [0.05, 0.1) is 24.0 Å². The SMILES string of the molecule is CCc1cc(CN2C(=O)CCC(N)C2=O)n(C)n1. The lowest BCUT2D eigenvalue weighted by molar-refractivity contribution is -0.150. The summed E-state index contributed by atoms with van der Waals surface area (Å²) in [5.41, 5.74) is 7.49. The van der Waals surface area contributed by atoms with Crippen LogP contribution in [0.2, 0.25) is 0 Å². The summed E-state index contributed by atoms with van der Waals surface area (Å²) in [6.07, 6.45) is 1.61. The minimum atomic E-state index is -0.554. The maximum Gasteiger partial charge on any atom is 0.246 e. The molecule has 1 fully saturated rings. The molecule has 0 bridgehead atoms. The summed E-state index contributed by atoms with van der Waals surface area (Å²) in [6, 6.07) is 1.36. The summed E-state index contributed by atoms with van der Waals surface area (Å²) < 4.78 is 1.71. The summed E-state index contributed by atoms with van der Waals surface area (Å²) in [7, 11) is 1.81. The third-order valence-electron chi connectivity index (χ3n) is 3.26. The van der Waals surface area contributed by atoms with Gasteiger partial charge in [-0.3, -0.25) is 19.2 Å². The lowest BCUT2D eigenvalue weighted by Gasteiger charge is -2.28. The van der Waals surface area contributed by atoms with Crippen LogP contribution in [0.25, 0.3) is 0 Å². The van der Waals surface area contributed by atoms with Crippen LogP contribution in [0.1, 0.15) is 31.2 Å². The van der Waals surface area contributed by atoms with Gasteiger partial charge in [-0.25, -0.2) is 0 Å². The number of nitrogens with zero attached hydrogens (tertiary/aromatic N) is 3. The number of likely N-dealkylation sites (tertiary alicyclic amines) is 1. The van der Waals surface area contributed by atoms with Crippen LogP contribution in [0, 0.1) is 0 Å². The molecule has 18 heavy (non-hydrogen) atoms.